The van der Waals surface area contributed by atoms with E-state index in [0.717, 1.165) is 25.7 Å². The minimum absolute atomic E-state index is 0.0945. The number of likely N-dealkylation sites (tertiary alicyclic amines) is 1. The van der Waals surface area contributed by atoms with Crippen molar-refractivity contribution in [1.82, 2.24) is 4.90 Å². The Kier molecular flexibility index (Phi) is 4.81. The number of primary sulfonamides is 1. The minimum Gasteiger partial charge on any atom is -0.478 e. The van der Waals surface area contributed by atoms with E-state index in [1.54, 1.807) is 0 Å². The number of nitrogens with one attached hydrogen (secondary N) is 1. The molecule has 1 fully saturated rings. The Labute approximate surface area is 123 Å². The SMILES string of the molecule is NS(=O)(=O)c1ccc(NCCN2CCCC2)c(C(=O)O)c1. The molecule has 0 unspecified atom stereocenters. The average molecular weight is 313 g/mol. The van der Waals surface area contributed by atoms with Gasteiger partial charge in [-0.15, -0.1) is 0 Å². The Balaban J connectivity index is 2.09. The molecule has 1 aliphatic heterocycles. The van der Waals surface area contributed by atoms with Crippen LogP contribution in [0.4, 0.5) is 5.69 Å². The van der Waals surface area contributed by atoms with E-state index in [2.05, 4.69) is 10.2 Å². The summed E-state index contributed by atoms with van der Waals surface area (Å²) in [5.74, 6) is -1.19. The highest BCUT2D eigenvalue weighted by Crippen LogP contribution is 2.20. The molecule has 2 rings (SSSR count). The number of carbonyl (C=O) groups is 1. The van der Waals surface area contributed by atoms with E-state index in [-0.39, 0.29) is 10.5 Å². The third kappa shape index (κ3) is 4.16. The third-order valence-electron chi connectivity index (χ3n) is 3.49. The van der Waals surface area contributed by atoms with E-state index in [9.17, 15) is 18.3 Å². The number of anilines is 1. The fourth-order valence-electron chi connectivity index (χ4n) is 2.39. The number of nitrogens with two attached hydrogens (primary N) is 1. The lowest BCUT2D eigenvalue weighted by Gasteiger charge is -2.16. The predicted octanol–water partition coefficient (Wildman–Crippen LogP) is 0.540. The molecule has 0 radical (unpaired) electrons. The topological polar surface area (TPSA) is 113 Å². The normalized spacial score (nSPS) is 16.0. The third-order valence-corrected chi connectivity index (χ3v) is 4.40. The number of aromatic carboxylic acids is 1. The molecule has 21 heavy (non-hydrogen) atoms. The smallest absolute Gasteiger partial charge is 0.337 e. The predicted molar refractivity (Wildman–Crippen MR) is 78.9 cm³/mol. The molecular weight excluding hydrogens is 294 g/mol. The molecule has 0 amide bonds. The summed E-state index contributed by atoms with van der Waals surface area (Å²) in [4.78, 5) is 13.3. The number of nitrogens with zero attached hydrogens (tertiary/aromatic N) is 1. The van der Waals surface area contributed by atoms with Gasteiger partial charge >= 0.3 is 5.97 Å². The maximum absolute atomic E-state index is 11.3. The summed E-state index contributed by atoms with van der Waals surface area (Å²) in [6.07, 6.45) is 2.40. The monoisotopic (exact) mass is 313 g/mol. The van der Waals surface area contributed by atoms with Crippen LogP contribution in [0.2, 0.25) is 0 Å². The van der Waals surface area contributed by atoms with Gasteiger partial charge in [0, 0.05) is 18.8 Å². The summed E-state index contributed by atoms with van der Waals surface area (Å²) in [6, 6.07) is 3.82. The van der Waals surface area contributed by atoms with Gasteiger partial charge in [0.15, 0.2) is 0 Å². The Hall–Kier alpha value is -1.64. The second-order valence-corrected chi connectivity index (χ2v) is 6.59. The van der Waals surface area contributed by atoms with Crippen LogP contribution in [0.15, 0.2) is 23.1 Å². The first-order valence-corrected chi connectivity index (χ1v) is 8.29. The zero-order chi connectivity index (χ0) is 15.5. The van der Waals surface area contributed by atoms with Crippen molar-refractivity contribution in [2.75, 3.05) is 31.5 Å². The van der Waals surface area contributed by atoms with Gasteiger partial charge in [-0.3, -0.25) is 0 Å². The fraction of sp³-hybridized carbons (Fsp3) is 0.462. The van der Waals surface area contributed by atoms with Gasteiger partial charge in [-0.1, -0.05) is 0 Å². The van der Waals surface area contributed by atoms with Crippen LogP contribution in [0.3, 0.4) is 0 Å². The molecular formula is C13H19N3O4S. The summed E-state index contributed by atoms with van der Waals surface area (Å²) in [5.41, 5.74) is 0.303. The number of hydrogen-bond donors (Lipinski definition) is 3. The van der Waals surface area contributed by atoms with Crippen LogP contribution in [0.5, 0.6) is 0 Å². The van der Waals surface area contributed by atoms with Gasteiger partial charge in [-0.25, -0.2) is 18.4 Å². The summed E-state index contributed by atoms with van der Waals surface area (Å²) >= 11 is 0. The lowest BCUT2D eigenvalue weighted by molar-refractivity contribution is 0.0697. The second kappa shape index (κ2) is 6.42. The van der Waals surface area contributed by atoms with Crippen molar-refractivity contribution in [3.63, 3.8) is 0 Å². The molecule has 1 aromatic carbocycles. The van der Waals surface area contributed by atoms with Crippen molar-refractivity contribution in [1.29, 1.82) is 0 Å². The second-order valence-electron chi connectivity index (χ2n) is 5.03. The molecule has 1 aliphatic rings. The molecule has 0 spiro atoms. The molecule has 0 saturated carbocycles. The lowest BCUT2D eigenvalue weighted by atomic mass is 10.2. The highest BCUT2D eigenvalue weighted by Gasteiger charge is 2.16. The van der Waals surface area contributed by atoms with E-state index in [1.807, 2.05) is 0 Å². The van der Waals surface area contributed by atoms with Crippen LogP contribution in [0.1, 0.15) is 23.2 Å². The van der Waals surface area contributed by atoms with Crippen LogP contribution in [-0.4, -0.2) is 50.6 Å². The maximum Gasteiger partial charge on any atom is 0.337 e. The zero-order valence-corrected chi connectivity index (χ0v) is 12.4. The molecule has 0 aromatic heterocycles. The molecule has 1 aromatic rings. The Bertz CT molecular complexity index is 624. The standard InChI is InChI=1S/C13H19N3O4S/c14-21(19,20)10-3-4-12(11(9-10)13(17)18)15-5-8-16-6-1-2-7-16/h3-4,9,15H,1-2,5-8H2,(H,17,18)(H2,14,19,20). The Morgan fingerprint density at radius 1 is 1.33 bits per heavy atom. The quantitative estimate of drug-likeness (QED) is 0.706. The van der Waals surface area contributed by atoms with Gasteiger partial charge in [0.05, 0.1) is 10.5 Å². The van der Waals surface area contributed by atoms with Crippen molar-refractivity contribution in [3.05, 3.63) is 23.8 Å². The first kappa shape index (κ1) is 15.7. The number of benzene rings is 1. The van der Waals surface area contributed by atoms with Crippen molar-refractivity contribution in [3.8, 4) is 0 Å². The van der Waals surface area contributed by atoms with Gasteiger partial charge in [0.25, 0.3) is 0 Å². The molecule has 1 heterocycles. The average Bonchev–Trinajstić information content (AvgIpc) is 2.90. The van der Waals surface area contributed by atoms with Gasteiger partial charge in [-0.2, -0.15) is 0 Å². The van der Waals surface area contributed by atoms with Crippen molar-refractivity contribution >= 4 is 21.7 Å². The van der Waals surface area contributed by atoms with E-state index in [1.165, 1.54) is 25.0 Å². The van der Waals surface area contributed by atoms with E-state index in [4.69, 9.17) is 5.14 Å². The zero-order valence-electron chi connectivity index (χ0n) is 11.6. The van der Waals surface area contributed by atoms with Crippen LogP contribution in [0, 0.1) is 0 Å². The number of hydrogen-bond acceptors (Lipinski definition) is 5. The number of carboxylic acid groups (broad SMARTS) is 1. The van der Waals surface area contributed by atoms with Gasteiger partial charge in [-0.05, 0) is 44.1 Å². The Morgan fingerprint density at radius 2 is 2.00 bits per heavy atom. The molecule has 8 heteroatoms. The van der Waals surface area contributed by atoms with E-state index >= 15 is 0 Å². The van der Waals surface area contributed by atoms with Crippen LogP contribution in [0.25, 0.3) is 0 Å². The summed E-state index contributed by atoms with van der Waals surface area (Å²) < 4.78 is 22.5. The molecule has 0 bridgehead atoms. The minimum atomic E-state index is -3.91. The highest BCUT2D eigenvalue weighted by atomic mass is 32.2. The van der Waals surface area contributed by atoms with Crippen LogP contribution < -0.4 is 10.5 Å². The van der Waals surface area contributed by atoms with Crippen molar-refractivity contribution in [2.24, 2.45) is 5.14 Å². The Morgan fingerprint density at radius 3 is 2.57 bits per heavy atom. The largest absolute Gasteiger partial charge is 0.478 e. The number of sulfonamides is 1. The maximum atomic E-state index is 11.3. The van der Waals surface area contributed by atoms with Gasteiger partial charge in [0.1, 0.15) is 0 Å². The first-order chi connectivity index (χ1) is 9.88. The molecule has 0 atom stereocenters. The van der Waals surface area contributed by atoms with E-state index in [0.29, 0.717) is 12.2 Å². The lowest BCUT2D eigenvalue weighted by Crippen LogP contribution is -2.26. The molecule has 0 aliphatic carbocycles. The van der Waals surface area contributed by atoms with E-state index < -0.39 is 16.0 Å². The first-order valence-electron chi connectivity index (χ1n) is 6.74. The molecule has 7 nitrogen and oxygen atoms in total. The highest BCUT2D eigenvalue weighted by molar-refractivity contribution is 7.89. The van der Waals surface area contributed by atoms with Crippen LogP contribution >= 0.6 is 0 Å². The summed E-state index contributed by atoms with van der Waals surface area (Å²) in [7, 11) is -3.91. The number of carboxylic acids is 1. The van der Waals surface area contributed by atoms with Crippen molar-refractivity contribution < 1.29 is 18.3 Å². The van der Waals surface area contributed by atoms with Gasteiger partial charge < -0.3 is 15.3 Å². The van der Waals surface area contributed by atoms with Gasteiger partial charge in [0.2, 0.25) is 10.0 Å². The molecule has 1 saturated heterocycles. The molecule has 116 valence electrons. The van der Waals surface area contributed by atoms with Crippen LogP contribution in [-0.2, 0) is 10.0 Å². The number of rotatable bonds is 6. The van der Waals surface area contributed by atoms with Crippen molar-refractivity contribution in [2.45, 2.75) is 17.7 Å². The molecule has 4 N–H and O–H groups in total. The summed E-state index contributed by atoms with van der Waals surface area (Å²) in [5, 5.41) is 17.2. The summed E-state index contributed by atoms with van der Waals surface area (Å²) in [6.45, 7) is 3.57. The fourth-order valence-corrected chi connectivity index (χ4v) is 2.93.